The Bertz CT molecular complexity index is 585. The number of rotatable bonds is 3. The van der Waals surface area contributed by atoms with Crippen molar-refractivity contribution < 1.29 is 9.59 Å². The largest absolute Gasteiger partial charge is 0.355 e. The first-order valence-corrected chi connectivity index (χ1v) is 7.48. The van der Waals surface area contributed by atoms with Crippen LogP contribution in [0.1, 0.15) is 35.2 Å². The SMILES string of the molecule is CNC(=O)c1cccc(NC(=O)C2CC3CCC2N3)c1C. The van der Waals surface area contributed by atoms with Crippen LogP contribution in [0.15, 0.2) is 18.2 Å². The molecule has 1 aromatic carbocycles. The Morgan fingerprint density at radius 1 is 1.29 bits per heavy atom. The molecule has 3 N–H and O–H groups in total. The van der Waals surface area contributed by atoms with Crippen molar-refractivity contribution in [3.8, 4) is 0 Å². The zero-order chi connectivity index (χ0) is 15.0. The highest BCUT2D eigenvalue weighted by atomic mass is 16.2. The molecule has 1 aromatic rings. The molecule has 3 unspecified atom stereocenters. The van der Waals surface area contributed by atoms with Gasteiger partial charge < -0.3 is 16.0 Å². The molecule has 112 valence electrons. The van der Waals surface area contributed by atoms with Crippen LogP contribution in [-0.2, 0) is 4.79 Å². The van der Waals surface area contributed by atoms with Crippen molar-refractivity contribution in [2.24, 2.45) is 5.92 Å². The summed E-state index contributed by atoms with van der Waals surface area (Å²) in [6, 6.07) is 6.23. The van der Waals surface area contributed by atoms with E-state index >= 15 is 0 Å². The lowest BCUT2D eigenvalue weighted by atomic mass is 9.88. The number of carbonyl (C=O) groups excluding carboxylic acids is 2. The van der Waals surface area contributed by atoms with E-state index in [2.05, 4.69) is 16.0 Å². The highest BCUT2D eigenvalue weighted by Gasteiger charge is 2.42. The second kappa shape index (κ2) is 5.48. The van der Waals surface area contributed by atoms with Gasteiger partial charge >= 0.3 is 0 Å². The van der Waals surface area contributed by atoms with Gasteiger partial charge in [0.1, 0.15) is 0 Å². The maximum atomic E-state index is 12.5. The third-order valence-electron chi connectivity index (χ3n) is 4.70. The molecule has 2 fully saturated rings. The van der Waals surface area contributed by atoms with Gasteiger partial charge in [0.05, 0.1) is 5.92 Å². The van der Waals surface area contributed by atoms with Gasteiger partial charge in [-0.05, 0) is 43.9 Å². The second-order valence-corrected chi connectivity index (χ2v) is 5.94. The van der Waals surface area contributed by atoms with Crippen molar-refractivity contribution in [2.75, 3.05) is 12.4 Å². The Morgan fingerprint density at radius 3 is 2.71 bits per heavy atom. The summed E-state index contributed by atoms with van der Waals surface area (Å²) in [5.74, 6) is -0.0242. The molecule has 2 amide bonds. The smallest absolute Gasteiger partial charge is 0.251 e. The van der Waals surface area contributed by atoms with Gasteiger partial charge in [-0.1, -0.05) is 6.07 Å². The monoisotopic (exact) mass is 287 g/mol. The molecule has 3 atom stereocenters. The molecule has 2 aliphatic heterocycles. The van der Waals surface area contributed by atoms with E-state index in [0.717, 1.165) is 24.1 Å². The summed E-state index contributed by atoms with van der Waals surface area (Å²) in [7, 11) is 1.61. The number of fused-ring (bicyclic) bond motifs is 2. The van der Waals surface area contributed by atoms with Gasteiger partial charge in [0.2, 0.25) is 5.91 Å². The Hall–Kier alpha value is -1.88. The van der Waals surface area contributed by atoms with E-state index in [0.29, 0.717) is 17.6 Å². The summed E-state index contributed by atoms with van der Waals surface area (Å²) in [5, 5.41) is 9.09. The Kier molecular flexibility index (Phi) is 3.68. The van der Waals surface area contributed by atoms with E-state index in [-0.39, 0.29) is 17.7 Å². The van der Waals surface area contributed by atoms with E-state index in [1.54, 1.807) is 19.2 Å². The first kappa shape index (κ1) is 14.1. The van der Waals surface area contributed by atoms with Gasteiger partial charge in [0.25, 0.3) is 5.91 Å². The first-order chi connectivity index (χ1) is 10.1. The van der Waals surface area contributed by atoms with Crippen molar-refractivity contribution >= 4 is 17.5 Å². The average molecular weight is 287 g/mol. The van der Waals surface area contributed by atoms with Gasteiger partial charge in [0.15, 0.2) is 0 Å². The molecule has 0 radical (unpaired) electrons. The summed E-state index contributed by atoms with van der Waals surface area (Å²) in [5.41, 5.74) is 2.13. The van der Waals surface area contributed by atoms with Gasteiger partial charge in [-0.2, -0.15) is 0 Å². The summed E-state index contributed by atoms with van der Waals surface area (Å²) in [4.78, 5) is 24.3. The molecule has 0 spiro atoms. The van der Waals surface area contributed by atoms with Crippen molar-refractivity contribution in [3.05, 3.63) is 29.3 Å². The minimum absolute atomic E-state index is 0.0480. The molecule has 5 nitrogen and oxygen atoms in total. The van der Waals surface area contributed by atoms with Crippen LogP contribution in [0, 0.1) is 12.8 Å². The molecule has 2 bridgehead atoms. The highest BCUT2D eigenvalue weighted by Crippen LogP contribution is 2.34. The molecule has 0 aliphatic carbocycles. The summed E-state index contributed by atoms with van der Waals surface area (Å²) < 4.78 is 0. The lowest BCUT2D eigenvalue weighted by molar-refractivity contribution is -0.120. The predicted molar refractivity (Wildman–Crippen MR) is 81.3 cm³/mol. The molecule has 2 aliphatic rings. The van der Waals surface area contributed by atoms with Crippen LogP contribution in [-0.4, -0.2) is 30.9 Å². The van der Waals surface area contributed by atoms with Crippen LogP contribution in [0.4, 0.5) is 5.69 Å². The Morgan fingerprint density at radius 2 is 2.10 bits per heavy atom. The lowest BCUT2D eigenvalue weighted by Gasteiger charge is -2.20. The molecule has 0 saturated carbocycles. The normalized spacial score (nSPS) is 26.7. The fraction of sp³-hybridized carbons (Fsp3) is 0.500. The fourth-order valence-corrected chi connectivity index (χ4v) is 3.49. The van der Waals surface area contributed by atoms with Gasteiger partial charge in [0, 0.05) is 30.4 Å². The number of hydrogen-bond acceptors (Lipinski definition) is 3. The topological polar surface area (TPSA) is 70.2 Å². The third kappa shape index (κ3) is 2.53. The van der Waals surface area contributed by atoms with Crippen molar-refractivity contribution in [1.29, 1.82) is 0 Å². The van der Waals surface area contributed by atoms with Gasteiger partial charge in [-0.15, -0.1) is 0 Å². The lowest BCUT2D eigenvalue weighted by Crippen LogP contribution is -2.33. The second-order valence-electron chi connectivity index (χ2n) is 5.94. The Labute approximate surface area is 124 Å². The van der Waals surface area contributed by atoms with E-state index in [9.17, 15) is 9.59 Å². The summed E-state index contributed by atoms with van der Waals surface area (Å²) >= 11 is 0. The van der Waals surface area contributed by atoms with Crippen molar-refractivity contribution in [3.63, 3.8) is 0 Å². The number of hydrogen-bond donors (Lipinski definition) is 3. The minimum atomic E-state index is -0.134. The van der Waals surface area contributed by atoms with Gasteiger partial charge in [-0.3, -0.25) is 9.59 Å². The third-order valence-corrected chi connectivity index (χ3v) is 4.70. The predicted octanol–water partition coefficient (Wildman–Crippen LogP) is 1.43. The molecule has 21 heavy (non-hydrogen) atoms. The number of nitrogens with one attached hydrogen (secondary N) is 3. The number of carbonyl (C=O) groups is 2. The van der Waals surface area contributed by atoms with Crippen molar-refractivity contribution in [1.82, 2.24) is 10.6 Å². The highest BCUT2D eigenvalue weighted by molar-refractivity contribution is 5.99. The van der Waals surface area contributed by atoms with E-state index < -0.39 is 0 Å². The fourth-order valence-electron chi connectivity index (χ4n) is 3.49. The van der Waals surface area contributed by atoms with Crippen LogP contribution >= 0.6 is 0 Å². The number of benzene rings is 1. The van der Waals surface area contributed by atoms with Gasteiger partial charge in [-0.25, -0.2) is 0 Å². The molecule has 5 heteroatoms. The van der Waals surface area contributed by atoms with Crippen LogP contribution in [0.3, 0.4) is 0 Å². The number of amides is 2. The molecule has 3 rings (SSSR count). The molecular weight excluding hydrogens is 266 g/mol. The standard InChI is InChI=1S/C16H21N3O2/c1-9-11(15(20)17-2)4-3-5-13(9)19-16(21)12-8-10-6-7-14(12)18-10/h3-5,10,12,14,18H,6-8H2,1-2H3,(H,17,20)(H,19,21). The maximum absolute atomic E-state index is 12.5. The zero-order valence-electron chi connectivity index (χ0n) is 12.4. The van der Waals surface area contributed by atoms with Crippen molar-refractivity contribution in [2.45, 2.75) is 38.3 Å². The molecule has 2 heterocycles. The molecule has 2 saturated heterocycles. The van der Waals surface area contributed by atoms with E-state index in [1.807, 2.05) is 13.0 Å². The zero-order valence-corrected chi connectivity index (χ0v) is 12.4. The number of anilines is 1. The molecular formula is C16H21N3O2. The van der Waals surface area contributed by atoms with Crippen LogP contribution in [0.2, 0.25) is 0 Å². The van der Waals surface area contributed by atoms with E-state index in [4.69, 9.17) is 0 Å². The van der Waals surface area contributed by atoms with Crippen LogP contribution in [0.5, 0.6) is 0 Å². The average Bonchev–Trinajstić information content (AvgIpc) is 3.11. The van der Waals surface area contributed by atoms with Crippen LogP contribution < -0.4 is 16.0 Å². The summed E-state index contributed by atoms with van der Waals surface area (Å²) in [6.45, 7) is 1.86. The van der Waals surface area contributed by atoms with E-state index in [1.165, 1.54) is 6.42 Å². The van der Waals surface area contributed by atoms with Crippen LogP contribution in [0.25, 0.3) is 0 Å². The first-order valence-electron chi connectivity index (χ1n) is 7.48. The summed E-state index contributed by atoms with van der Waals surface area (Å²) in [6.07, 6.45) is 3.18. The minimum Gasteiger partial charge on any atom is -0.355 e. The maximum Gasteiger partial charge on any atom is 0.251 e. The Balaban J connectivity index is 1.76. The quantitative estimate of drug-likeness (QED) is 0.787. The molecule has 0 aromatic heterocycles.